The predicted octanol–water partition coefficient (Wildman–Crippen LogP) is 2.01. The minimum absolute atomic E-state index is 0.0692. The van der Waals surface area contributed by atoms with Gasteiger partial charge in [0.1, 0.15) is 11.4 Å². The molecule has 1 aromatic carbocycles. The fraction of sp³-hybridized carbons (Fsp3) is 0.412. The number of carbonyl (C=O) groups is 1. The summed E-state index contributed by atoms with van der Waals surface area (Å²) in [5.41, 5.74) is 0.543. The summed E-state index contributed by atoms with van der Waals surface area (Å²) < 4.78 is 13.5. The molecular formula is C17H19FN2O3. The number of aromatic amines is 1. The number of hydrogen-bond donors (Lipinski definition) is 3. The van der Waals surface area contributed by atoms with Crippen LogP contribution in [0.1, 0.15) is 41.6 Å². The number of benzene rings is 1. The molecule has 2 atom stereocenters. The number of aromatic nitrogens is 1. The molecule has 1 aliphatic carbocycles. The second-order valence-corrected chi connectivity index (χ2v) is 6.11. The van der Waals surface area contributed by atoms with Gasteiger partial charge in [0.2, 0.25) is 5.43 Å². The van der Waals surface area contributed by atoms with Gasteiger partial charge in [0, 0.05) is 11.6 Å². The first-order chi connectivity index (χ1) is 11.0. The lowest BCUT2D eigenvalue weighted by atomic mass is 9.92. The molecule has 0 bridgehead atoms. The van der Waals surface area contributed by atoms with Crippen molar-refractivity contribution in [1.82, 2.24) is 10.3 Å². The van der Waals surface area contributed by atoms with Crippen molar-refractivity contribution in [2.75, 3.05) is 0 Å². The van der Waals surface area contributed by atoms with Gasteiger partial charge in [-0.2, -0.15) is 0 Å². The van der Waals surface area contributed by atoms with E-state index in [-0.39, 0.29) is 17.0 Å². The van der Waals surface area contributed by atoms with Gasteiger partial charge in [-0.05, 0) is 37.5 Å². The van der Waals surface area contributed by atoms with E-state index in [1.807, 2.05) is 0 Å². The Labute approximate surface area is 132 Å². The molecule has 2 unspecified atom stereocenters. The van der Waals surface area contributed by atoms with Crippen LogP contribution >= 0.6 is 0 Å². The van der Waals surface area contributed by atoms with E-state index in [1.165, 1.54) is 12.3 Å². The van der Waals surface area contributed by atoms with Crippen LogP contribution in [0.2, 0.25) is 0 Å². The number of rotatable bonds is 2. The van der Waals surface area contributed by atoms with E-state index in [0.29, 0.717) is 23.9 Å². The van der Waals surface area contributed by atoms with Crippen molar-refractivity contribution in [2.24, 2.45) is 0 Å². The highest BCUT2D eigenvalue weighted by molar-refractivity contribution is 5.97. The summed E-state index contributed by atoms with van der Waals surface area (Å²) in [5.74, 6) is -1.05. The fourth-order valence-corrected chi connectivity index (χ4v) is 3.16. The predicted molar refractivity (Wildman–Crippen MR) is 85.0 cm³/mol. The summed E-state index contributed by atoms with van der Waals surface area (Å²) in [5, 5.41) is 12.8. The highest BCUT2D eigenvalue weighted by Crippen LogP contribution is 2.19. The van der Waals surface area contributed by atoms with Crippen LogP contribution in [-0.4, -0.2) is 28.1 Å². The standard InChI is InChI=1S/C17H19FN2O3/c1-9-6-10(18)7-11-15(9)19-8-12(16(11)22)17(23)20-13-4-2-3-5-14(13)21/h6-8,13-14,21H,2-5H2,1H3,(H,19,22)(H,20,23). The number of fused-ring (bicyclic) bond motifs is 1. The monoisotopic (exact) mass is 318 g/mol. The zero-order valence-corrected chi connectivity index (χ0v) is 12.9. The Morgan fingerprint density at radius 3 is 2.83 bits per heavy atom. The fourth-order valence-electron chi connectivity index (χ4n) is 3.16. The van der Waals surface area contributed by atoms with Crippen molar-refractivity contribution >= 4 is 16.8 Å². The first-order valence-electron chi connectivity index (χ1n) is 7.78. The second-order valence-electron chi connectivity index (χ2n) is 6.11. The van der Waals surface area contributed by atoms with E-state index in [4.69, 9.17) is 0 Å². The Hall–Kier alpha value is -2.21. The summed E-state index contributed by atoms with van der Waals surface area (Å²) >= 11 is 0. The van der Waals surface area contributed by atoms with Gasteiger partial charge in [-0.25, -0.2) is 4.39 Å². The molecule has 0 saturated heterocycles. The first-order valence-corrected chi connectivity index (χ1v) is 7.78. The Kier molecular flexibility index (Phi) is 4.17. The number of amides is 1. The van der Waals surface area contributed by atoms with Crippen LogP contribution in [-0.2, 0) is 0 Å². The molecule has 3 rings (SSSR count). The lowest BCUT2D eigenvalue weighted by Crippen LogP contribution is -2.46. The number of hydrogen-bond acceptors (Lipinski definition) is 3. The van der Waals surface area contributed by atoms with E-state index >= 15 is 0 Å². The molecule has 1 saturated carbocycles. The molecule has 1 aliphatic rings. The largest absolute Gasteiger partial charge is 0.391 e. The maximum Gasteiger partial charge on any atom is 0.257 e. The minimum Gasteiger partial charge on any atom is -0.391 e. The molecule has 1 heterocycles. The van der Waals surface area contributed by atoms with E-state index < -0.39 is 23.3 Å². The zero-order chi connectivity index (χ0) is 16.6. The van der Waals surface area contributed by atoms with Gasteiger partial charge in [0.05, 0.1) is 17.7 Å². The SMILES string of the molecule is Cc1cc(F)cc2c(=O)c(C(=O)NC3CCCCC3O)c[nH]c12. The molecule has 3 N–H and O–H groups in total. The van der Waals surface area contributed by atoms with Crippen LogP contribution in [0.5, 0.6) is 0 Å². The number of aliphatic hydroxyl groups is 1. The van der Waals surface area contributed by atoms with Crippen LogP contribution in [0.3, 0.4) is 0 Å². The third-order valence-electron chi connectivity index (χ3n) is 4.44. The van der Waals surface area contributed by atoms with Gasteiger partial charge >= 0.3 is 0 Å². The number of aliphatic hydroxyl groups excluding tert-OH is 1. The Morgan fingerprint density at radius 2 is 2.09 bits per heavy atom. The lowest BCUT2D eigenvalue weighted by Gasteiger charge is -2.28. The molecule has 2 aromatic rings. The van der Waals surface area contributed by atoms with Crippen LogP contribution in [0.4, 0.5) is 4.39 Å². The molecule has 122 valence electrons. The summed E-state index contributed by atoms with van der Waals surface area (Å²) in [4.78, 5) is 27.7. The van der Waals surface area contributed by atoms with Gasteiger partial charge in [0.15, 0.2) is 0 Å². The van der Waals surface area contributed by atoms with Gasteiger partial charge in [-0.15, -0.1) is 0 Å². The molecule has 1 amide bonds. The van der Waals surface area contributed by atoms with Gasteiger partial charge in [0.25, 0.3) is 5.91 Å². The Balaban J connectivity index is 1.95. The third kappa shape index (κ3) is 2.99. The average molecular weight is 318 g/mol. The van der Waals surface area contributed by atoms with Crippen molar-refractivity contribution in [3.8, 4) is 0 Å². The highest BCUT2D eigenvalue weighted by Gasteiger charge is 2.26. The summed E-state index contributed by atoms with van der Waals surface area (Å²) in [6.07, 6.45) is 3.95. The number of pyridine rings is 1. The smallest absolute Gasteiger partial charge is 0.257 e. The summed E-state index contributed by atoms with van der Waals surface area (Å²) in [6, 6.07) is 2.12. The minimum atomic E-state index is -0.591. The van der Waals surface area contributed by atoms with Crippen LogP contribution in [0.25, 0.3) is 10.9 Å². The van der Waals surface area contributed by atoms with E-state index in [0.717, 1.165) is 18.9 Å². The number of aryl methyl sites for hydroxylation is 1. The van der Waals surface area contributed by atoms with Crippen LogP contribution in [0.15, 0.2) is 23.1 Å². The Morgan fingerprint density at radius 1 is 1.35 bits per heavy atom. The van der Waals surface area contributed by atoms with Crippen molar-refractivity contribution < 1.29 is 14.3 Å². The lowest BCUT2D eigenvalue weighted by molar-refractivity contribution is 0.0716. The maximum absolute atomic E-state index is 13.5. The molecule has 1 aromatic heterocycles. The van der Waals surface area contributed by atoms with E-state index in [9.17, 15) is 19.1 Å². The molecule has 1 fully saturated rings. The summed E-state index contributed by atoms with van der Waals surface area (Å²) in [6.45, 7) is 1.69. The number of H-pyrrole nitrogens is 1. The van der Waals surface area contributed by atoms with Crippen LogP contribution in [0, 0.1) is 12.7 Å². The molecule has 0 aliphatic heterocycles. The number of carbonyl (C=O) groups excluding carboxylic acids is 1. The number of nitrogens with one attached hydrogen (secondary N) is 2. The maximum atomic E-state index is 13.5. The zero-order valence-electron chi connectivity index (χ0n) is 12.9. The third-order valence-corrected chi connectivity index (χ3v) is 4.44. The normalized spacial score (nSPS) is 21.3. The molecule has 0 radical (unpaired) electrons. The molecule has 0 spiro atoms. The van der Waals surface area contributed by atoms with Gasteiger partial charge < -0.3 is 15.4 Å². The topological polar surface area (TPSA) is 82.2 Å². The summed E-state index contributed by atoms with van der Waals surface area (Å²) in [7, 11) is 0. The first kappa shape index (κ1) is 15.7. The van der Waals surface area contributed by atoms with Crippen molar-refractivity contribution in [3.05, 3.63) is 45.5 Å². The molecule has 23 heavy (non-hydrogen) atoms. The second kappa shape index (κ2) is 6.12. The highest BCUT2D eigenvalue weighted by atomic mass is 19.1. The Bertz CT molecular complexity index is 815. The van der Waals surface area contributed by atoms with Crippen molar-refractivity contribution in [1.29, 1.82) is 0 Å². The molecule has 5 nitrogen and oxygen atoms in total. The van der Waals surface area contributed by atoms with E-state index in [1.54, 1.807) is 6.92 Å². The van der Waals surface area contributed by atoms with Crippen molar-refractivity contribution in [2.45, 2.75) is 44.8 Å². The van der Waals surface area contributed by atoms with Gasteiger partial charge in [-0.3, -0.25) is 9.59 Å². The molecular weight excluding hydrogens is 299 g/mol. The molecule has 6 heteroatoms. The average Bonchev–Trinajstić information content (AvgIpc) is 2.50. The van der Waals surface area contributed by atoms with Crippen LogP contribution < -0.4 is 10.7 Å². The quantitative estimate of drug-likeness (QED) is 0.792. The van der Waals surface area contributed by atoms with Crippen molar-refractivity contribution in [3.63, 3.8) is 0 Å². The van der Waals surface area contributed by atoms with Gasteiger partial charge in [-0.1, -0.05) is 12.8 Å². The number of halogens is 1. The van der Waals surface area contributed by atoms with E-state index in [2.05, 4.69) is 10.3 Å².